The fraction of sp³-hybridized carbons (Fsp3) is 1.00. The summed E-state index contributed by atoms with van der Waals surface area (Å²) in [6, 6.07) is 0. The molecule has 3 heteroatoms. The van der Waals surface area contributed by atoms with E-state index < -0.39 is 0 Å². The fourth-order valence-electron chi connectivity index (χ4n) is 2.64. The van der Waals surface area contributed by atoms with Crippen molar-refractivity contribution in [1.82, 2.24) is 0 Å². The average molecular weight is 337 g/mol. The molecule has 19 heavy (non-hydrogen) atoms. The third kappa shape index (κ3) is 12.2. The second kappa shape index (κ2) is 16.8. The summed E-state index contributed by atoms with van der Waals surface area (Å²) in [6.07, 6.45) is 11.1. The van der Waals surface area contributed by atoms with Crippen molar-refractivity contribution < 1.29 is 33.7 Å². The van der Waals surface area contributed by atoms with Gasteiger partial charge in [-0.25, -0.2) is 0 Å². The van der Waals surface area contributed by atoms with Gasteiger partial charge < -0.3 is 16.9 Å². The molecule has 121 valence electrons. The van der Waals surface area contributed by atoms with E-state index in [0.717, 1.165) is 0 Å². The Morgan fingerprint density at radius 1 is 0.526 bits per heavy atom. The third-order valence-corrected chi connectivity index (χ3v) is 3.94. The van der Waals surface area contributed by atoms with Crippen molar-refractivity contribution in [3.05, 3.63) is 0 Å². The third-order valence-electron chi connectivity index (χ3n) is 3.94. The van der Waals surface area contributed by atoms with E-state index in [9.17, 15) is 0 Å². The smallest absolute Gasteiger partial charge is 0.0786 e. The molecule has 1 radical (unpaired) electrons. The molecule has 0 aromatic rings. The van der Waals surface area contributed by atoms with Crippen LogP contribution in [0.3, 0.4) is 0 Å². The van der Waals surface area contributed by atoms with Gasteiger partial charge in [-0.05, 0) is 25.7 Å². The van der Waals surface area contributed by atoms with Gasteiger partial charge in [0, 0.05) is 16.8 Å². The largest absolute Gasteiger partial charge is 1.00 e. The number of hydrogen-bond acceptors (Lipinski definition) is 0. The van der Waals surface area contributed by atoms with Crippen LogP contribution in [0.4, 0.5) is 0 Å². The summed E-state index contributed by atoms with van der Waals surface area (Å²) in [5.74, 6) is 0. The summed E-state index contributed by atoms with van der Waals surface area (Å²) in [4.78, 5) is 0. The quantitative estimate of drug-likeness (QED) is 0.478. The van der Waals surface area contributed by atoms with Gasteiger partial charge in [-0.3, -0.25) is 0 Å². The van der Waals surface area contributed by atoms with Crippen LogP contribution >= 0.6 is 0 Å². The van der Waals surface area contributed by atoms with E-state index in [1.54, 1.807) is 0 Å². The summed E-state index contributed by atoms with van der Waals surface area (Å²) < 4.78 is 1.42. The zero-order chi connectivity index (χ0) is 13.0. The van der Waals surface area contributed by atoms with E-state index in [2.05, 4.69) is 27.7 Å². The summed E-state index contributed by atoms with van der Waals surface area (Å²) in [5, 5.41) is 0. The van der Waals surface area contributed by atoms with Gasteiger partial charge in [0.1, 0.15) is 0 Å². The van der Waals surface area contributed by atoms with Gasteiger partial charge in [0.25, 0.3) is 0 Å². The first-order chi connectivity index (χ1) is 8.24. The molecule has 0 rings (SSSR count). The average Bonchev–Trinajstić information content (AvgIpc) is 2.37. The van der Waals surface area contributed by atoms with Gasteiger partial charge >= 0.3 is 0 Å². The SMILES string of the molecule is CCCC[N+](CCCC)(CCCC)CCCC.[Cl-].[Co]. The van der Waals surface area contributed by atoms with Crippen LogP contribution in [-0.4, -0.2) is 30.7 Å². The fourth-order valence-corrected chi connectivity index (χ4v) is 2.64. The molecule has 0 spiro atoms. The maximum absolute atomic E-state index is 2.33. The molecule has 0 saturated carbocycles. The molecule has 0 amide bonds. The standard InChI is InChI=1S/C16H36N.ClH.Co/c1-5-9-13-17(14-10-6-2,15-11-7-3)16-12-8-4;;/h5-16H2,1-4H3;1H;/q+1;;/p-1. The van der Waals surface area contributed by atoms with Crippen LogP contribution in [0.25, 0.3) is 0 Å². The van der Waals surface area contributed by atoms with E-state index in [4.69, 9.17) is 0 Å². The van der Waals surface area contributed by atoms with Gasteiger partial charge in [0.15, 0.2) is 0 Å². The molecule has 1 nitrogen and oxygen atoms in total. The molecule has 0 fully saturated rings. The Labute approximate surface area is 139 Å². The molecular weight excluding hydrogens is 301 g/mol. The van der Waals surface area contributed by atoms with Crippen molar-refractivity contribution in [3.8, 4) is 0 Å². The number of nitrogens with zero attached hydrogens (tertiary/aromatic N) is 1. The number of quaternary nitrogens is 1. The predicted molar refractivity (Wildman–Crippen MR) is 79.4 cm³/mol. The van der Waals surface area contributed by atoms with Crippen molar-refractivity contribution >= 4 is 0 Å². The van der Waals surface area contributed by atoms with Crippen LogP contribution in [0.2, 0.25) is 0 Å². The van der Waals surface area contributed by atoms with Crippen molar-refractivity contribution in [2.45, 2.75) is 79.1 Å². The van der Waals surface area contributed by atoms with Crippen molar-refractivity contribution in [2.75, 3.05) is 26.2 Å². The van der Waals surface area contributed by atoms with Crippen LogP contribution in [0.15, 0.2) is 0 Å². The normalized spacial score (nSPS) is 10.7. The van der Waals surface area contributed by atoms with Crippen molar-refractivity contribution in [1.29, 1.82) is 0 Å². The van der Waals surface area contributed by atoms with Gasteiger partial charge in [-0.15, -0.1) is 0 Å². The maximum Gasteiger partial charge on any atom is 0.0786 e. The molecular formula is C16H36ClCoN. The van der Waals surface area contributed by atoms with Crippen molar-refractivity contribution in [2.24, 2.45) is 0 Å². The summed E-state index contributed by atoms with van der Waals surface area (Å²) in [6.45, 7) is 15.0. The molecule has 0 unspecified atom stereocenters. The number of rotatable bonds is 12. The molecule has 0 aliphatic carbocycles. The monoisotopic (exact) mass is 336 g/mol. The Bertz CT molecular complexity index is 127. The van der Waals surface area contributed by atoms with E-state index in [0.29, 0.717) is 0 Å². The first-order valence-electron chi connectivity index (χ1n) is 8.09. The second-order valence-electron chi connectivity index (χ2n) is 5.65. The first kappa shape index (κ1) is 24.8. The van der Waals surface area contributed by atoms with E-state index in [-0.39, 0.29) is 29.2 Å². The van der Waals surface area contributed by atoms with E-state index >= 15 is 0 Å². The minimum absolute atomic E-state index is 0. The number of unbranched alkanes of at least 4 members (excludes halogenated alkanes) is 4. The minimum Gasteiger partial charge on any atom is -1.00 e. The number of halogens is 1. The van der Waals surface area contributed by atoms with Crippen LogP contribution in [0, 0.1) is 0 Å². The summed E-state index contributed by atoms with van der Waals surface area (Å²) in [5.41, 5.74) is 0. The van der Waals surface area contributed by atoms with Crippen LogP contribution in [-0.2, 0) is 16.8 Å². The topological polar surface area (TPSA) is 0 Å². The van der Waals surface area contributed by atoms with E-state index in [1.165, 1.54) is 82.0 Å². The Kier molecular flexibility index (Phi) is 21.9. The zero-order valence-corrected chi connectivity index (χ0v) is 15.4. The summed E-state index contributed by atoms with van der Waals surface area (Å²) >= 11 is 0. The summed E-state index contributed by atoms with van der Waals surface area (Å²) in [7, 11) is 0. The molecule has 0 saturated heterocycles. The van der Waals surface area contributed by atoms with Gasteiger partial charge in [-0.2, -0.15) is 0 Å². The van der Waals surface area contributed by atoms with Crippen LogP contribution in [0.1, 0.15) is 79.1 Å². The molecule has 0 atom stereocenters. The molecule has 0 aliphatic heterocycles. The number of hydrogen-bond donors (Lipinski definition) is 0. The predicted octanol–water partition coefficient (Wildman–Crippen LogP) is 2.01. The molecule has 0 N–H and O–H groups in total. The zero-order valence-electron chi connectivity index (χ0n) is 13.6. The van der Waals surface area contributed by atoms with Crippen molar-refractivity contribution in [3.63, 3.8) is 0 Å². The Morgan fingerprint density at radius 2 is 0.737 bits per heavy atom. The Balaban J connectivity index is -0.00000128. The maximum atomic E-state index is 2.33. The minimum atomic E-state index is 0. The Hall–Kier alpha value is 0.756. The van der Waals surface area contributed by atoms with Crippen LogP contribution in [0.5, 0.6) is 0 Å². The first-order valence-corrected chi connectivity index (χ1v) is 8.09. The Morgan fingerprint density at radius 3 is 0.895 bits per heavy atom. The molecule has 0 aromatic carbocycles. The van der Waals surface area contributed by atoms with Gasteiger partial charge in [0.05, 0.1) is 26.2 Å². The van der Waals surface area contributed by atoms with Crippen LogP contribution < -0.4 is 12.4 Å². The molecule has 0 aliphatic rings. The molecule has 0 aromatic heterocycles. The van der Waals surface area contributed by atoms with Gasteiger partial charge in [-0.1, -0.05) is 53.4 Å². The molecule has 0 heterocycles. The van der Waals surface area contributed by atoms with Gasteiger partial charge in [0.2, 0.25) is 0 Å². The van der Waals surface area contributed by atoms with E-state index in [1.807, 2.05) is 0 Å². The second-order valence-corrected chi connectivity index (χ2v) is 5.65. The molecule has 0 bridgehead atoms.